The second-order valence-electron chi connectivity index (χ2n) is 5.66. The maximum atomic E-state index is 11.9. The number of hydrogen-bond donors (Lipinski definition) is 2. The number of anilines is 1. The number of benzene rings is 1. The third-order valence-electron chi connectivity index (χ3n) is 3.75. The lowest BCUT2D eigenvalue weighted by atomic mass is 9.94. The van der Waals surface area contributed by atoms with E-state index in [9.17, 15) is 9.59 Å². The molecule has 5 heteroatoms. The molecule has 120 valence electrons. The largest absolute Gasteiger partial charge is 0.348 e. The van der Waals surface area contributed by atoms with Crippen LogP contribution in [0.15, 0.2) is 35.9 Å². The lowest BCUT2D eigenvalue weighted by molar-refractivity contribution is -0.117. The number of nitrogens with zero attached hydrogens (tertiary/aromatic N) is 1. The summed E-state index contributed by atoms with van der Waals surface area (Å²) in [5, 5.41) is 14.0. The zero-order valence-corrected chi connectivity index (χ0v) is 13.1. The average molecular weight is 311 g/mol. The van der Waals surface area contributed by atoms with Gasteiger partial charge in [-0.05, 0) is 43.4 Å². The fourth-order valence-electron chi connectivity index (χ4n) is 2.61. The highest BCUT2D eigenvalue weighted by Crippen LogP contribution is 2.22. The van der Waals surface area contributed by atoms with Crippen molar-refractivity contribution in [1.82, 2.24) is 5.32 Å². The van der Waals surface area contributed by atoms with E-state index in [0.29, 0.717) is 12.2 Å². The molecule has 0 saturated heterocycles. The molecule has 0 heterocycles. The zero-order chi connectivity index (χ0) is 16.5. The number of nitrogens with one attached hydrogen (secondary N) is 2. The van der Waals surface area contributed by atoms with Crippen LogP contribution in [-0.4, -0.2) is 11.8 Å². The zero-order valence-electron chi connectivity index (χ0n) is 13.1. The topological polar surface area (TPSA) is 82.0 Å². The van der Waals surface area contributed by atoms with Crippen LogP contribution in [0.4, 0.5) is 5.69 Å². The first-order chi connectivity index (χ1) is 11.2. The lowest BCUT2D eigenvalue weighted by Gasteiger charge is -2.13. The van der Waals surface area contributed by atoms with Crippen molar-refractivity contribution in [2.75, 3.05) is 5.32 Å². The molecule has 1 fully saturated rings. The van der Waals surface area contributed by atoms with Crippen LogP contribution in [0.25, 0.3) is 0 Å². The molecule has 0 radical (unpaired) electrons. The summed E-state index contributed by atoms with van der Waals surface area (Å²) < 4.78 is 0. The van der Waals surface area contributed by atoms with Crippen molar-refractivity contribution in [3.05, 3.63) is 41.5 Å². The average Bonchev–Trinajstić information content (AvgIpc) is 2.54. The summed E-state index contributed by atoms with van der Waals surface area (Å²) in [6.45, 7) is 0.407. The van der Waals surface area contributed by atoms with E-state index in [2.05, 4.69) is 10.6 Å². The lowest BCUT2D eigenvalue weighted by Crippen LogP contribution is -2.21. The van der Waals surface area contributed by atoms with Crippen molar-refractivity contribution < 1.29 is 9.59 Å². The number of hydrogen-bond acceptors (Lipinski definition) is 3. The van der Waals surface area contributed by atoms with Crippen molar-refractivity contribution >= 4 is 17.5 Å². The van der Waals surface area contributed by atoms with E-state index < -0.39 is 0 Å². The van der Waals surface area contributed by atoms with Crippen molar-refractivity contribution in [2.24, 2.45) is 0 Å². The molecule has 1 aliphatic carbocycles. The molecule has 0 aliphatic heterocycles. The van der Waals surface area contributed by atoms with Gasteiger partial charge in [-0.3, -0.25) is 9.59 Å². The molecule has 2 rings (SSSR count). The Kier molecular flexibility index (Phi) is 6.37. The molecule has 1 aromatic rings. The maximum absolute atomic E-state index is 11.9. The van der Waals surface area contributed by atoms with Crippen molar-refractivity contribution in [3.63, 3.8) is 0 Å². The Hall–Kier alpha value is -2.61. The summed E-state index contributed by atoms with van der Waals surface area (Å²) in [5.74, 6) is -0.406. The molecule has 5 nitrogen and oxygen atoms in total. The number of carbonyl (C=O) groups excluding carboxylic acids is 2. The summed E-state index contributed by atoms with van der Waals surface area (Å²) in [4.78, 5) is 23.3. The van der Waals surface area contributed by atoms with Gasteiger partial charge in [0.2, 0.25) is 11.8 Å². The molecule has 1 saturated carbocycles. The molecule has 2 N–H and O–H groups in total. The second-order valence-corrected chi connectivity index (χ2v) is 5.66. The number of rotatable bonds is 5. The molecule has 1 aliphatic rings. The molecule has 0 bridgehead atoms. The maximum Gasteiger partial charge on any atom is 0.244 e. The van der Waals surface area contributed by atoms with E-state index in [1.165, 1.54) is 24.8 Å². The predicted molar refractivity (Wildman–Crippen MR) is 88.3 cm³/mol. The van der Waals surface area contributed by atoms with Gasteiger partial charge < -0.3 is 10.6 Å². The van der Waals surface area contributed by atoms with E-state index in [-0.39, 0.29) is 18.2 Å². The predicted octanol–water partition coefficient (Wildman–Crippen LogP) is 3.05. The van der Waals surface area contributed by atoms with E-state index >= 15 is 0 Å². The van der Waals surface area contributed by atoms with Gasteiger partial charge >= 0.3 is 0 Å². The first-order valence-corrected chi connectivity index (χ1v) is 7.90. The van der Waals surface area contributed by atoms with Crippen LogP contribution in [0.5, 0.6) is 0 Å². The molecular formula is C18H21N3O2. The number of nitriles is 1. The Balaban J connectivity index is 1.86. The quantitative estimate of drug-likeness (QED) is 0.820. The van der Waals surface area contributed by atoms with E-state index in [4.69, 9.17) is 5.26 Å². The highest BCUT2D eigenvalue weighted by atomic mass is 16.2. The van der Waals surface area contributed by atoms with Crippen LogP contribution < -0.4 is 10.6 Å². The second kappa shape index (κ2) is 8.74. The Morgan fingerprint density at radius 1 is 1.22 bits per heavy atom. The van der Waals surface area contributed by atoms with Crippen molar-refractivity contribution in [2.45, 2.75) is 45.1 Å². The smallest absolute Gasteiger partial charge is 0.244 e. The van der Waals surface area contributed by atoms with Gasteiger partial charge in [-0.1, -0.05) is 24.1 Å². The van der Waals surface area contributed by atoms with Crippen LogP contribution >= 0.6 is 0 Å². The number of amides is 2. The van der Waals surface area contributed by atoms with Gasteiger partial charge in [0.25, 0.3) is 0 Å². The number of carbonyl (C=O) groups is 2. The van der Waals surface area contributed by atoms with E-state index in [0.717, 1.165) is 18.4 Å². The summed E-state index contributed by atoms with van der Waals surface area (Å²) in [6.07, 6.45) is 7.18. The first-order valence-electron chi connectivity index (χ1n) is 7.90. The standard InChI is InChI=1S/C18H21N3O2/c19-10-9-17(22)21-16-8-4-7-15(11-16)13-20-18(23)12-14-5-2-1-3-6-14/h4,7-8,11-12H,1-3,5-6,9,13H2,(H,20,23)(H,21,22). The van der Waals surface area contributed by atoms with E-state index in [1.54, 1.807) is 24.3 Å². The Morgan fingerprint density at radius 3 is 2.74 bits per heavy atom. The molecule has 1 aromatic carbocycles. The van der Waals surface area contributed by atoms with Gasteiger partial charge in [0.15, 0.2) is 0 Å². The monoisotopic (exact) mass is 311 g/mol. The van der Waals surface area contributed by atoms with Gasteiger partial charge in [0.1, 0.15) is 6.42 Å². The molecule has 0 unspecified atom stereocenters. The highest BCUT2D eigenvalue weighted by Gasteiger charge is 2.07. The van der Waals surface area contributed by atoms with Crippen molar-refractivity contribution in [3.8, 4) is 6.07 Å². The summed E-state index contributed by atoms with van der Waals surface area (Å²) >= 11 is 0. The van der Waals surface area contributed by atoms with Gasteiger partial charge in [-0.25, -0.2) is 0 Å². The fourth-order valence-corrected chi connectivity index (χ4v) is 2.61. The minimum Gasteiger partial charge on any atom is -0.348 e. The van der Waals surface area contributed by atoms with Crippen LogP contribution in [0.3, 0.4) is 0 Å². The normalized spacial score (nSPS) is 13.8. The minimum atomic E-state index is -0.337. The first kappa shape index (κ1) is 16.8. The highest BCUT2D eigenvalue weighted by molar-refractivity contribution is 5.92. The van der Waals surface area contributed by atoms with Crippen molar-refractivity contribution in [1.29, 1.82) is 5.26 Å². The van der Waals surface area contributed by atoms with Gasteiger partial charge in [-0.15, -0.1) is 0 Å². The van der Waals surface area contributed by atoms with Crippen LogP contribution in [0, 0.1) is 11.3 Å². The van der Waals surface area contributed by atoms with Crippen LogP contribution in [0.2, 0.25) is 0 Å². The molecular weight excluding hydrogens is 290 g/mol. The minimum absolute atomic E-state index is 0.0687. The summed E-state index contributed by atoms with van der Waals surface area (Å²) in [5.41, 5.74) is 2.75. The Labute approximate surface area is 136 Å². The summed E-state index contributed by atoms with van der Waals surface area (Å²) in [7, 11) is 0. The fraction of sp³-hybridized carbons (Fsp3) is 0.389. The van der Waals surface area contributed by atoms with Gasteiger partial charge in [0.05, 0.1) is 6.07 Å². The van der Waals surface area contributed by atoms with Gasteiger partial charge in [-0.2, -0.15) is 5.26 Å². The third-order valence-corrected chi connectivity index (χ3v) is 3.75. The SMILES string of the molecule is N#CCC(=O)Nc1cccc(CNC(=O)C=C2CCCCC2)c1. The molecule has 0 atom stereocenters. The third kappa shape index (κ3) is 5.95. The van der Waals surface area contributed by atoms with Gasteiger partial charge in [0, 0.05) is 18.3 Å². The van der Waals surface area contributed by atoms with E-state index in [1.807, 2.05) is 12.1 Å². The molecule has 0 spiro atoms. The Morgan fingerprint density at radius 2 is 2.00 bits per heavy atom. The van der Waals surface area contributed by atoms with Crippen LogP contribution in [0.1, 0.15) is 44.1 Å². The summed E-state index contributed by atoms with van der Waals surface area (Å²) in [6, 6.07) is 9.05. The van der Waals surface area contributed by atoms with Crippen LogP contribution in [-0.2, 0) is 16.1 Å². The molecule has 2 amide bonds. The Bertz CT molecular complexity index is 636. The molecule has 23 heavy (non-hydrogen) atoms. The molecule has 0 aromatic heterocycles. The number of allylic oxidation sites excluding steroid dienone is 1.